The first-order valence-electron chi connectivity index (χ1n) is 5.30. The summed E-state index contributed by atoms with van der Waals surface area (Å²) in [7, 11) is 0. The van der Waals surface area contributed by atoms with Crippen molar-refractivity contribution in [1.29, 1.82) is 0 Å². The topological polar surface area (TPSA) is 70.9 Å². The van der Waals surface area contributed by atoms with Crippen molar-refractivity contribution in [2.24, 2.45) is 11.7 Å². The minimum Gasteiger partial charge on any atom is -0.367 e. The van der Waals surface area contributed by atoms with Gasteiger partial charge in [0.15, 0.2) is 0 Å². The molecule has 4 N–H and O–H groups in total. The highest BCUT2D eigenvalue weighted by Gasteiger charge is 2.18. The van der Waals surface area contributed by atoms with Gasteiger partial charge in [0.05, 0.1) is 6.04 Å². The Balaban J connectivity index is 2.36. The van der Waals surface area contributed by atoms with Gasteiger partial charge in [0.1, 0.15) is 0 Å². The highest BCUT2D eigenvalue weighted by atomic mass is 16.2. The molecule has 1 aromatic rings. The number of carbonyl (C=O) groups is 1. The Labute approximate surface area is 90.2 Å². The highest BCUT2D eigenvalue weighted by Crippen LogP contribution is 2.05. The fourth-order valence-corrected chi connectivity index (χ4v) is 1.29. The number of rotatable bonds is 5. The van der Waals surface area contributed by atoms with Crippen LogP contribution in [0, 0.1) is 5.92 Å². The third-order valence-corrected chi connectivity index (χ3v) is 2.69. The fraction of sp³-hybridized carbons (Fsp3) is 0.545. The molecule has 0 spiro atoms. The van der Waals surface area contributed by atoms with Gasteiger partial charge in [-0.3, -0.25) is 4.79 Å². The number of nitrogens with two attached hydrogens (primary N) is 1. The van der Waals surface area contributed by atoms with Gasteiger partial charge in [-0.1, -0.05) is 20.3 Å². The molecule has 15 heavy (non-hydrogen) atoms. The first-order valence-corrected chi connectivity index (χ1v) is 5.30. The van der Waals surface area contributed by atoms with Crippen LogP contribution in [0.3, 0.4) is 0 Å². The zero-order valence-corrected chi connectivity index (χ0v) is 9.29. The van der Waals surface area contributed by atoms with E-state index in [1.165, 1.54) is 0 Å². The molecule has 0 aliphatic rings. The van der Waals surface area contributed by atoms with E-state index >= 15 is 0 Å². The van der Waals surface area contributed by atoms with Crippen molar-refractivity contribution < 1.29 is 4.79 Å². The van der Waals surface area contributed by atoms with Crippen LogP contribution in [0.2, 0.25) is 0 Å². The lowest BCUT2D eigenvalue weighted by Crippen LogP contribution is -2.44. The molecule has 1 heterocycles. The molecule has 0 radical (unpaired) electrons. The third-order valence-electron chi connectivity index (χ3n) is 2.69. The summed E-state index contributed by atoms with van der Waals surface area (Å²) in [5.74, 6) is 0.141. The summed E-state index contributed by atoms with van der Waals surface area (Å²) >= 11 is 0. The average Bonchev–Trinajstić information content (AvgIpc) is 2.76. The lowest BCUT2D eigenvalue weighted by atomic mass is 9.99. The van der Waals surface area contributed by atoms with E-state index in [2.05, 4.69) is 10.3 Å². The SMILES string of the molecule is CC[C@H](C)[C@H](N)C(=O)NCc1cc[nH]c1. The Hall–Kier alpha value is -1.29. The van der Waals surface area contributed by atoms with E-state index < -0.39 is 6.04 Å². The first kappa shape index (κ1) is 11.8. The second-order valence-corrected chi connectivity index (χ2v) is 3.85. The van der Waals surface area contributed by atoms with Crippen molar-refractivity contribution in [2.75, 3.05) is 0 Å². The van der Waals surface area contributed by atoms with Gasteiger partial charge < -0.3 is 16.0 Å². The van der Waals surface area contributed by atoms with Crippen molar-refractivity contribution in [2.45, 2.75) is 32.9 Å². The van der Waals surface area contributed by atoms with Gasteiger partial charge in [-0.05, 0) is 17.5 Å². The maximum absolute atomic E-state index is 11.6. The molecule has 0 saturated carbocycles. The Bertz CT molecular complexity index is 295. The van der Waals surface area contributed by atoms with Gasteiger partial charge in [-0.2, -0.15) is 0 Å². The highest BCUT2D eigenvalue weighted by molar-refractivity contribution is 5.81. The Kier molecular flexibility index (Phi) is 4.37. The van der Waals surface area contributed by atoms with Crippen LogP contribution in [0.1, 0.15) is 25.8 Å². The standard InChI is InChI=1S/C11H19N3O/c1-3-8(2)10(12)11(15)14-7-9-4-5-13-6-9/h4-6,8,10,13H,3,7,12H2,1-2H3,(H,14,15)/t8-,10-/m0/s1. The van der Waals surface area contributed by atoms with Gasteiger partial charge in [-0.25, -0.2) is 0 Å². The van der Waals surface area contributed by atoms with Crippen molar-refractivity contribution in [1.82, 2.24) is 10.3 Å². The molecule has 0 bridgehead atoms. The van der Waals surface area contributed by atoms with Crippen molar-refractivity contribution >= 4 is 5.91 Å². The van der Waals surface area contributed by atoms with E-state index in [0.29, 0.717) is 6.54 Å². The first-order chi connectivity index (χ1) is 7.15. The molecular weight excluding hydrogens is 190 g/mol. The maximum atomic E-state index is 11.6. The number of H-pyrrole nitrogens is 1. The second kappa shape index (κ2) is 5.56. The molecule has 0 fully saturated rings. The lowest BCUT2D eigenvalue weighted by Gasteiger charge is -2.17. The van der Waals surface area contributed by atoms with E-state index in [1.54, 1.807) is 0 Å². The van der Waals surface area contributed by atoms with Gasteiger partial charge in [-0.15, -0.1) is 0 Å². The van der Waals surface area contributed by atoms with Crippen molar-refractivity contribution in [3.05, 3.63) is 24.0 Å². The number of hydrogen-bond acceptors (Lipinski definition) is 2. The number of nitrogens with one attached hydrogen (secondary N) is 2. The Morgan fingerprint density at radius 2 is 2.40 bits per heavy atom. The predicted molar refractivity (Wildman–Crippen MR) is 60.1 cm³/mol. The van der Waals surface area contributed by atoms with E-state index in [9.17, 15) is 4.79 Å². The molecule has 84 valence electrons. The molecule has 0 aliphatic heterocycles. The number of hydrogen-bond donors (Lipinski definition) is 3. The molecule has 0 unspecified atom stereocenters. The van der Waals surface area contributed by atoms with Crippen LogP contribution in [0.25, 0.3) is 0 Å². The van der Waals surface area contributed by atoms with Crippen LogP contribution in [0.15, 0.2) is 18.5 Å². The average molecular weight is 209 g/mol. The molecule has 2 atom stereocenters. The summed E-state index contributed by atoms with van der Waals surface area (Å²) in [4.78, 5) is 14.5. The third kappa shape index (κ3) is 3.40. The van der Waals surface area contributed by atoms with Crippen LogP contribution < -0.4 is 11.1 Å². The fourth-order valence-electron chi connectivity index (χ4n) is 1.29. The summed E-state index contributed by atoms with van der Waals surface area (Å²) < 4.78 is 0. The summed E-state index contributed by atoms with van der Waals surface area (Å²) in [6.45, 7) is 4.55. The van der Waals surface area contributed by atoms with Gasteiger partial charge >= 0.3 is 0 Å². The molecule has 1 rings (SSSR count). The van der Waals surface area contributed by atoms with Crippen LogP contribution in [-0.4, -0.2) is 16.9 Å². The summed E-state index contributed by atoms with van der Waals surface area (Å²) in [6.07, 6.45) is 4.60. The molecule has 1 aromatic heterocycles. The lowest BCUT2D eigenvalue weighted by molar-refractivity contribution is -0.123. The van der Waals surface area contributed by atoms with Crippen molar-refractivity contribution in [3.8, 4) is 0 Å². The minimum atomic E-state index is -0.408. The van der Waals surface area contributed by atoms with E-state index in [4.69, 9.17) is 5.73 Å². The van der Waals surface area contributed by atoms with Crippen LogP contribution >= 0.6 is 0 Å². The van der Waals surface area contributed by atoms with Crippen LogP contribution in [0.4, 0.5) is 0 Å². The number of aromatic nitrogens is 1. The summed E-state index contributed by atoms with van der Waals surface area (Å²) in [5.41, 5.74) is 6.85. The number of amides is 1. The predicted octanol–water partition coefficient (Wildman–Crippen LogP) is 1.00. The molecule has 1 amide bonds. The normalized spacial score (nSPS) is 14.6. The van der Waals surface area contributed by atoms with Crippen LogP contribution in [0.5, 0.6) is 0 Å². The van der Waals surface area contributed by atoms with Gasteiger partial charge in [0.2, 0.25) is 5.91 Å². The van der Waals surface area contributed by atoms with Crippen LogP contribution in [-0.2, 0) is 11.3 Å². The van der Waals surface area contributed by atoms with Gasteiger partial charge in [0, 0.05) is 18.9 Å². The maximum Gasteiger partial charge on any atom is 0.237 e. The molecule has 0 saturated heterocycles. The van der Waals surface area contributed by atoms with Crippen molar-refractivity contribution in [3.63, 3.8) is 0 Å². The monoisotopic (exact) mass is 209 g/mol. The zero-order valence-electron chi connectivity index (χ0n) is 9.29. The van der Waals surface area contributed by atoms with E-state index in [-0.39, 0.29) is 11.8 Å². The van der Waals surface area contributed by atoms with E-state index in [0.717, 1.165) is 12.0 Å². The van der Waals surface area contributed by atoms with E-state index in [1.807, 2.05) is 32.3 Å². The summed E-state index contributed by atoms with van der Waals surface area (Å²) in [5, 5.41) is 2.82. The minimum absolute atomic E-state index is 0.0782. The quantitative estimate of drug-likeness (QED) is 0.677. The molecule has 4 heteroatoms. The van der Waals surface area contributed by atoms with Gasteiger partial charge in [0.25, 0.3) is 0 Å². The Morgan fingerprint density at radius 3 is 2.93 bits per heavy atom. The molecule has 0 aromatic carbocycles. The summed E-state index contributed by atoms with van der Waals surface area (Å²) in [6, 6.07) is 1.52. The molecular formula is C11H19N3O. The zero-order chi connectivity index (χ0) is 11.3. The number of aromatic amines is 1. The Morgan fingerprint density at radius 1 is 1.67 bits per heavy atom. The smallest absolute Gasteiger partial charge is 0.237 e. The molecule has 4 nitrogen and oxygen atoms in total. The number of carbonyl (C=O) groups excluding carboxylic acids is 1. The second-order valence-electron chi connectivity index (χ2n) is 3.85. The largest absolute Gasteiger partial charge is 0.367 e. The molecule has 0 aliphatic carbocycles.